The van der Waals surface area contributed by atoms with Gasteiger partial charge in [-0.3, -0.25) is 14.9 Å². The van der Waals surface area contributed by atoms with E-state index in [0.717, 1.165) is 6.07 Å². The first-order valence-corrected chi connectivity index (χ1v) is 10.9. The number of methoxy groups -OCH3 is 1. The zero-order valence-corrected chi connectivity index (χ0v) is 19.6. The molecule has 0 bridgehead atoms. The number of carbonyl (C=O) groups excluding carboxylic acids is 2. The Morgan fingerprint density at radius 1 is 0.941 bits per heavy atom. The molecule has 3 aromatic rings. The van der Waals surface area contributed by atoms with Gasteiger partial charge < -0.3 is 20.1 Å². The molecule has 0 aromatic heterocycles. The second-order valence-electron chi connectivity index (χ2n) is 6.91. The lowest BCUT2D eigenvalue weighted by molar-refractivity contribution is 0.0968. The van der Waals surface area contributed by atoms with E-state index < -0.39 is 17.6 Å². The largest absolute Gasteiger partial charge is 0.490 e. The van der Waals surface area contributed by atoms with E-state index in [1.807, 2.05) is 0 Å². The van der Waals surface area contributed by atoms with Crippen LogP contribution in [0.5, 0.6) is 5.75 Å². The Bertz CT molecular complexity index is 1210. The first-order chi connectivity index (χ1) is 16.4. The van der Waals surface area contributed by atoms with Gasteiger partial charge in [-0.2, -0.15) is 0 Å². The Balaban J connectivity index is 1.62. The molecular weight excluding hydrogens is 481 g/mol. The van der Waals surface area contributed by atoms with Crippen molar-refractivity contribution in [2.45, 2.75) is 0 Å². The maximum absolute atomic E-state index is 13.3. The van der Waals surface area contributed by atoms with Crippen LogP contribution in [-0.2, 0) is 4.74 Å². The molecule has 0 aliphatic rings. The average molecular weight is 502 g/mol. The molecular formula is C24H21ClFN3O4S. The molecule has 0 radical (unpaired) electrons. The molecule has 3 N–H and O–H groups in total. The lowest BCUT2D eigenvalue weighted by Crippen LogP contribution is -2.34. The standard InChI is InChI=1S/C24H21ClFN3O4S/c1-32-11-12-33-21-8-3-2-7-18(21)23(31)29-24(34)28-16-6-4-5-15(13-16)22(30)27-17-9-10-20(26)19(25)14-17/h2-10,13-14H,11-12H2,1H3,(H,27,30)(H2,28,29,31,34). The summed E-state index contributed by atoms with van der Waals surface area (Å²) in [7, 11) is 1.56. The van der Waals surface area contributed by atoms with E-state index in [1.165, 1.54) is 12.1 Å². The van der Waals surface area contributed by atoms with Gasteiger partial charge in [0.2, 0.25) is 0 Å². The highest BCUT2D eigenvalue weighted by atomic mass is 35.5. The van der Waals surface area contributed by atoms with Crippen molar-refractivity contribution in [1.82, 2.24) is 5.32 Å². The molecule has 0 unspecified atom stereocenters. The van der Waals surface area contributed by atoms with Gasteiger partial charge in [-0.05, 0) is 60.7 Å². The van der Waals surface area contributed by atoms with E-state index in [2.05, 4.69) is 16.0 Å². The second kappa shape index (κ2) is 12.1. The number of carbonyl (C=O) groups is 2. The van der Waals surface area contributed by atoms with Gasteiger partial charge in [0.25, 0.3) is 11.8 Å². The third-order valence-corrected chi connectivity index (χ3v) is 4.96. The summed E-state index contributed by atoms with van der Waals surface area (Å²) < 4.78 is 23.9. The highest BCUT2D eigenvalue weighted by molar-refractivity contribution is 7.80. The molecule has 0 aliphatic heterocycles. The zero-order valence-electron chi connectivity index (χ0n) is 18.1. The third kappa shape index (κ3) is 6.98. The molecule has 2 amide bonds. The summed E-state index contributed by atoms with van der Waals surface area (Å²) in [4.78, 5) is 25.2. The van der Waals surface area contributed by atoms with Gasteiger partial charge in [0, 0.05) is 24.0 Å². The van der Waals surface area contributed by atoms with Crippen LogP contribution in [0.2, 0.25) is 5.02 Å². The minimum Gasteiger partial charge on any atom is -0.490 e. The molecule has 176 valence electrons. The molecule has 0 spiro atoms. The Kier molecular flexibility index (Phi) is 8.92. The summed E-state index contributed by atoms with van der Waals surface area (Å²) in [6.07, 6.45) is 0. The topological polar surface area (TPSA) is 88.7 Å². The van der Waals surface area contributed by atoms with E-state index >= 15 is 0 Å². The predicted molar refractivity (Wildman–Crippen MR) is 133 cm³/mol. The van der Waals surface area contributed by atoms with E-state index in [9.17, 15) is 14.0 Å². The average Bonchev–Trinajstić information content (AvgIpc) is 2.82. The molecule has 0 saturated heterocycles. The van der Waals surface area contributed by atoms with Crippen molar-refractivity contribution in [2.24, 2.45) is 0 Å². The Morgan fingerprint density at radius 2 is 1.71 bits per heavy atom. The maximum atomic E-state index is 13.3. The number of nitrogens with one attached hydrogen (secondary N) is 3. The predicted octanol–water partition coefficient (Wildman–Crippen LogP) is 4.88. The quantitative estimate of drug-likeness (QED) is 0.301. The van der Waals surface area contributed by atoms with Crippen LogP contribution >= 0.6 is 23.8 Å². The zero-order chi connectivity index (χ0) is 24.5. The van der Waals surface area contributed by atoms with Crippen molar-refractivity contribution < 1.29 is 23.5 Å². The van der Waals surface area contributed by atoms with E-state index in [0.29, 0.717) is 41.5 Å². The van der Waals surface area contributed by atoms with Crippen molar-refractivity contribution in [2.75, 3.05) is 31.0 Å². The minimum absolute atomic E-state index is 0.0413. The van der Waals surface area contributed by atoms with Crippen LogP contribution in [0.4, 0.5) is 15.8 Å². The van der Waals surface area contributed by atoms with Gasteiger partial charge in [0.1, 0.15) is 18.2 Å². The van der Waals surface area contributed by atoms with E-state index in [4.69, 9.17) is 33.3 Å². The monoisotopic (exact) mass is 501 g/mol. The number of ether oxygens (including phenoxy) is 2. The van der Waals surface area contributed by atoms with Gasteiger partial charge >= 0.3 is 0 Å². The van der Waals surface area contributed by atoms with Gasteiger partial charge in [-0.15, -0.1) is 0 Å². The van der Waals surface area contributed by atoms with Crippen molar-refractivity contribution in [3.63, 3.8) is 0 Å². The third-order valence-electron chi connectivity index (χ3n) is 4.46. The SMILES string of the molecule is COCCOc1ccccc1C(=O)NC(=S)Nc1cccc(C(=O)Nc2ccc(F)c(Cl)c2)c1. The highest BCUT2D eigenvalue weighted by Gasteiger charge is 2.14. The maximum Gasteiger partial charge on any atom is 0.261 e. The molecule has 0 atom stereocenters. The number of thiocarbonyl (C=S) groups is 1. The summed E-state index contributed by atoms with van der Waals surface area (Å²) in [5, 5.41) is 8.06. The van der Waals surface area contributed by atoms with Gasteiger partial charge in [0.05, 0.1) is 17.2 Å². The molecule has 34 heavy (non-hydrogen) atoms. The van der Waals surface area contributed by atoms with Crippen molar-refractivity contribution in [3.05, 3.63) is 88.7 Å². The Morgan fingerprint density at radius 3 is 2.47 bits per heavy atom. The molecule has 3 rings (SSSR count). The van der Waals surface area contributed by atoms with Crippen molar-refractivity contribution in [1.29, 1.82) is 0 Å². The summed E-state index contributed by atoms with van der Waals surface area (Å²) in [6, 6.07) is 17.1. The van der Waals surface area contributed by atoms with E-state index in [-0.39, 0.29) is 10.1 Å². The number of halogens is 2. The summed E-state index contributed by atoms with van der Waals surface area (Å²) in [5.74, 6) is -1.05. The fourth-order valence-electron chi connectivity index (χ4n) is 2.86. The molecule has 0 aliphatic carbocycles. The lowest BCUT2D eigenvalue weighted by Gasteiger charge is -2.13. The van der Waals surface area contributed by atoms with Crippen molar-refractivity contribution in [3.8, 4) is 5.75 Å². The number of hydrogen-bond donors (Lipinski definition) is 3. The first kappa shape index (κ1) is 25.1. The van der Waals surface area contributed by atoms with Crippen LogP contribution in [0.15, 0.2) is 66.7 Å². The summed E-state index contributed by atoms with van der Waals surface area (Å²) >= 11 is 11.0. The summed E-state index contributed by atoms with van der Waals surface area (Å²) in [5.41, 5.74) is 1.47. The van der Waals surface area contributed by atoms with Crippen LogP contribution in [0.3, 0.4) is 0 Å². The van der Waals surface area contributed by atoms with E-state index in [1.54, 1.807) is 55.6 Å². The molecule has 10 heteroatoms. The van der Waals surface area contributed by atoms with Gasteiger partial charge in [-0.1, -0.05) is 29.8 Å². The number of hydrogen-bond acceptors (Lipinski definition) is 5. The van der Waals surface area contributed by atoms with Crippen LogP contribution in [0, 0.1) is 5.82 Å². The Hall–Kier alpha value is -3.53. The number of amides is 2. The van der Waals surface area contributed by atoms with Crippen molar-refractivity contribution >= 4 is 52.1 Å². The summed E-state index contributed by atoms with van der Waals surface area (Å²) in [6.45, 7) is 0.677. The molecule has 0 saturated carbocycles. The van der Waals surface area contributed by atoms with Crippen LogP contribution in [0.25, 0.3) is 0 Å². The first-order valence-electron chi connectivity index (χ1n) is 10.1. The minimum atomic E-state index is -0.578. The molecule has 0 fully saturated rings. The smallest absolute Gasteiger partial charge is 0.261 e. The number of para-hydroxylation sites is 1. The second-order valence-corrected chi connectivity index (χ2v) is 7.72. The van der Waals surface area contributed by atoms with Gasteiger partial charge in [-0.25, -0.2) is 4.39 Å². The number of benzene rings is 3. The Labute approximate surface area is 206 Å². The normalized spacial score (nSPS) is 10.3. The number of rotatable bonds is 8. The highest BCUT2D eigenvalue weighted by Crippen LogP contribution is 2.21. The molecule has 7 nitrogen and oxygen atoms in total. The fraction of sp³-hybridized carbons (Fsp3) is 0.125. The van der Waals surface area contributed by atoms with Crippen LogP contribution in [-0.4, -0.2) is 37.3 Å². The molecule has 3 aromatic carbocycles. The van der Waals surface area contributed by atoms with Crippen LogP contribution in [0.1, 0.15) is 20.7 Å². The molecule has 0 heterocycles. The number of anilines is 2. The van der Waals surface area contributed by atoms with Gasteiger partial charge in [0.15, 0.2) is 5.11 Å². The fourth-order valence-corrected chi connectivity index (χ4v) is 3.25. The lowest BCUT2D eigenvalue weighted by atomic mass is 10.1. The van der Waals surface area contributed by atoms with Crippen LogP contribution < -0.4 is 20.7 Å².